The molecule has 156 valence electrons. The second kappa shape index (κ2) is 9.26. The smallest absolute Gasteiger partial charge is 0.251 e. The van der Waals surface area contributed by atoms with Gasteiger partial charge in [-0.3, -0.25) is 14.5 Å². The first-order valence-electron chi connectivity index (χ1n) is 10.8. The molecular formula is C25H29N3O2. The van der Waals surface area contributed by atoms with Gasteiger partial charge in [-0.15, -0.1) is 0 Å². The van der Waals surface area contributed by atoms with E-state index < -0.39 is 0 Å². The summed E-state index contributed by atoms with van der Waals surface area (Å²) in [5, 5.41) is 4.00. The number of hydrogen-bond acceptors (Lipinski definition) is 3. The standard InChI is InChI=1S/C25H29N3O2/c1-18-7-8-20-16-21(25(30)27-23(20)15-18)9-10-24(29)26-12-4-13-28-14-11-19-5-2-3-6-22(19)17-28/h2-3,5-8,15-16H,4,9-14,17H2,1H3,(H,26,29)(H,27,30). The zero-order valence-electron chi connectivity index (χ0n) is 17.5. The second-order valence-electron chi connectivity index (χ2n) is 8.21. The van der Waals surface area contributed by atoms with E-state index in [1.54, 1.807) is 0 Å². The van der Waals surface area contributed by atoms with E-state index in [0.717, 1.165) is 48.9 Å². The third-order valence-corrected chi connectivity index (χ3v) is 5.88. The molecule has 0 aliphatic carbocycles. The third kappa shape index (κ3) is 4.97. The number of benzene rings is 2. The van der Waals surface area contributed by atoms with Crippen LogP contribution in [0, 0.1) is 6.92 Å². The van der Waals surface area contributed by atoms with Crippen molar-refractivity contribution in [2.75, 3.05) is 19.6 Å². The molecule has 30 heavy (non-hydrogen) atoms. The van der Waals surface area contributed by atoms with Crippen LogP contribution in [-0.2, 0) is 24.2 Å². The predicted octanol–water partition coefficient (Wildman–Crippen LogP) is 3.33. The van der Waals surface area contributed by atoms with E-state index in [4.69, 9.17) is 0 Å². The van der Waals surface area contributed by atoms with Crippen LogP contribution in [-0.4, -0.2) is 35.4 Å². The molecule has 4 rings (SSSR count). The van der Waals surface area contributed by atoms with Crippen molar-refractivity contribution in [2.24, 2.45) is 0 Å². The number of aromatic amines is 1. The summed E-state index contributed by atoms with van der Waals surface area (Å²) >= 11 is 0. The fraction of sp³-hybridized carbons (Fsp3) is 0.360. The van der Waals surface area contributed by atoms with E-state index in [9.17, 15) is 9.59 Å². The van der Waals surface area contributed by atoms with Gasteiger partial charge in [-0.1, -0.05) is 36.4 Å². The maximum absolute atomic E-state index is 12.3. The molecule has 1 aromatic heterocycles. The van der Waals surface area contributed by atoms with Gasteiger partial charge in [0.05, 0.1) is 0 Å². The third-order valence-electron chi connectivity index (χ3n) is 5.88. The highest BCUT2D eigenvalue weighted by Crippen LogP contribution is 2.18. The number of aryl methyl sites for hydroxylation is 2. The molecule has 0 radical (unpaired) electrons. The quantitative estimate of drug-likeness (QED) is 0.595. The summed E-state index contributed by atoms with van der Waals surface area (Å²) in [6.45, 7) is 5.73. The van der Waals surface area contributed by atoms with Gasteiger partial charge in [-0.25, -0.2) is 0 Å². The van der Waals surface area contributed by atoms with Crippen LogP contribution < -0.4 is 10.9 Å². The maximum Gasteiger partial charge on any atom is 0.251 e. The summed E-state index contributed by atoms with van der Waals surface area (Å²) in [5.41, 5.74) is 5.39. The molecule has 2 aromatic carbocycles. The minimum absolute atomic E-state index is 0.00222. The number of amides is 1. The molecule has 1 amide bonds. The lowest BCUT2D eigenvalue weighted by atomic mass is 10.00. The summed E-state index contributed by atoms with van der Waals surface area (Å²) in [6, 6.07) is 16.5. The molecule has 0 saturated heterocycles. The van der Waals surface area contributed by atoms with E-state index in [1.807, 2.05) is 31.2 Å². The average molecular weight is 404 g/mol. The van der Waals surface area contributed by atoms with Crippen molar-refractivity contribution >= 4 is 16.8 Å². The van der Waals surface area contributed by atoms with Gasteiger partial charge in [0.2, 0.25) is 5.91 Å². The molecule has 0 spiro atoms. The number of nitrogens with one attached hydrogen (secondary N) is 2. The maximum atomic E-state index is 12.3. The number of rotatable bonds is 7. The van der Waals surface area contributed by atoms with Crippen molar-refractivity contribution in [3.63, 3.8) is 0 Å². The Morgan fingerprint density at radius 3 is 2.83 bits per heavy atom. The molecule has 0 fully saturated rings. The zero-order chi connectivity index (χ0) is 20.9. The van der Waals surface area contributed by atoms with Gasteiger partial charge < -0.3 is 10.3 Å². The van der Waals surface area contributed by atoms with Gasteiger partial charge in [0.25, 0.3) is 5.56 Å². The van der Waals surface area contributed by atoms with E-state index in [0.29, 0.717) is 24.9 Å². The summed E-state index contributed by atoms with van der Waals surface area (Å²) in [7, 11) is 0. The van der Waals surface area contributed by atoms with Crippen molar-refractivity contribution < 1.29 is 4.79 Å². The molecule has 3 aromatic rings. The molecule has 1 aliphatic rings. The lowest BCUT2D eigenvalue weighted by Crippen LogP contribution is -2.33. The first kappa shape index (κ1) is 20.4. The minimum Gasteiger partial charge on any atom is -0.356 e. The van der Waals surface area contributed by atoms with Crippen molar-refractivity contribution in [1.29, 1.82) is 0 Å². The number of nitrogens with zero attached hydrogens (tertiary/aromatic N) is 1. The van der Waals surface area contributed by atoms with Crippen LogP contribution in [0.5, 0.6) is 0 Å². The van der Waals surface area contributed by atoms with Crippen LogP contribution in [0.3, 0.4) is 0 Å². The molecule has 0 bridgehead atoms. The number of carbonyl (C=O) groups excluding carboxylic acids is 1. The predicted molar refractivity (Wildman–Crippen MR) is 121 cm³/mol. The molecule has 5 nitrogen and oxygen atoms in total. The van der Waals surface area contributed by atoms with Crippen molar-refractivity contribution in [2.45, 2.75) is 39.2 Å². The summed E-state index contributed by atoms with van der Waals surface area (Å²) in [4.78, 5) is 29.9. The van der Waals surface area contributed by atoms with Crippen LogP contribution in [0.4, 0.5) is 0 Å². The van der Waals surface area contributed by atoms with Gasteiger partial charge in [0.1, 0.15) is 0 Å². The summed E-state index contributed by atoms with van der Waals surface area (Å²) in [6.07, 6.45) is 2.82. The average Bonchev–Trinajstić information content (AvgIpc) is 2.75. The Morgan fingerprint density at radius 2 is 1.97 bits per heavy atom. The molecule has 2 N–H and O–H groups in total. The number of carbonyl (C=O) groups is 1. The molecule has 2 heterocycles. The SMILES string of the molecule is Cc1ccc2cc(CCC(=O)NCCCN3CCc4ccccc4C3)c(=O)[nH]c2c1. The van der Waals surface area contributed by atoms with Crippen molar-refractivity contribution in [3.05, 3.63) is 81.1 Å². The summed E-state index contributed by atoms with van der Waals surface area (Å²) in [5.74, 6) is 0.00222. The van der Waals surface area contributed by atoms with Gasteiger partial charge in [-0.2, -0.15) is 0 Å². The Balaban J connectivity index is 1.20. The first-order chi connectivity index (χ1) is 14.6. The molecule has 0 saturated carbocycles. The molecule has 5 heteroatoms. The van der Waals surface area contributed by atoms with Crippen LogP contribution in [0.25, 0.3) is 10.9 Å². The van der Waals surface area contributed by atoms with Crippen molar-refractivity contribution in [3.8, 4) is 0 Å². The summed E-state index contributed by atoms with van der Waals surface area (Å²) < 4.78 is 0. The number of aromatic nitrogens is 1. The molecule has 1 aliphatic heterocycles. The highest BCUT2D eigenvalue weighted by Gasteiger charge is 2.15. The number of H-pyrrole nitrogens is 1. The Kier molecular flexibility index (Phi) is 6.29. The lowest BCUT2D eigenvalue weighted by Gasteiger charge is -2.28. The van der Waals surface area contributed by atoms with E-state index in [-0.39, 0.29) is 11.5 Å². The molecular weight excluding hydrogens is 374 g/mol. The zero-order valence-corrected chi connectivity index (χ0v) is 17.5. The molecule has 0 unspecified atom stereocenters. The van der Waals surface area contributed by atoms with Gasteiger partial charge in [0, 0.05) is 43.7 Å². The van der Waals surface area contributed by atoms with E-state index >= 15 is 0 Å². The van der Waals surface area contributed by atoms with E-state index in [2.05, 4.69) is 39.5 Å². The first-order valence-corrected chi connectivity index (χ1v) is 10.8. The normalized spacial score (nSPS) is 13.9. The Morgan fingerprint density at radius 1 is 1.13 bits per heavy atom. The monoisotopic (exact) mass is 403 g/mol. The Bertz CT molecular complexity index is 1100. The second-order valence-corrected chi connectivity index (χ2v) is 8.21. The van der Waals surface area contributed by atoms with Crippen molar-refractivity contribution in [1.82, 2.24) is 15.2 Å². The van der Waals surface area contributed by atoms with Crippen LogP contribution in [0.15, 0.2) is 53.3 Å². The van der Waals surface area contributed by atoms with Crippen LogP contribution >= 0.6 is 0 Å². The highest BCUT2D eigenvalue weighted by atomic mass is 16.1. The van der Waals surface area contributed by atoms with Gasteiger partial charge in [0.15, 0.2) is 0 Å². The minimum atomic E-state index is -0.105. The fourth-order valence-electron chi connectivity index (χ4n) is 4.16. The van der Waals surface area contributed by atoms with Gasteiger partial charge in [-0.05, 0) is 60.4 Å². The largest absolute Gasteiger partial charge is 0.356 e. The number of fused-ring (bicyclic) bond motifs is 2. The van der Waals surface area contributed by atoms with E-state index in [1.165, 1.54) is 11.1 Å². The molecule has 0 atom stereocenters. The number of pyridine rings is 1. The highest BCUT2D eigenvalue weighted by molar-refractivity contribution is 5.80. The Hall–Kier alpha value is -2.92. The Labute approximate surface area is 177 Å². The number of hydrogen-bond donors (Lipinski definition) is 2. The topological polar surface area (TPSA) is 65.2 Å². The van der Waals surface area contributed by atoms with Crippen LogP contribution in [0.1, 0.15) is 35.1 Å². The van der Waals surface area contributed by atoms with Gasteiger partial charge >= 0.3 is 0 Å². The lowest BCUT2D eigenvalue weighted by molar-refractivity contribution is -0.121. The fourth-order valence-corrected chi connectivity index (χ4v) is 4.16. The van der Waals surface area contributed by atoms with Crippen LogP contribution in [0.2, 0.25) is 0 Å².